The van der Waals surface area contributed by atoms with Gasteiger partial charge in [-0.15, -0.1) is 0 Å². The van der Waals surface area contributed by atoms with Crippen molar-refractivity contribution in [1.82, 2.24) is 10.3 Å². The quantitative estimate of drug-likeness (QED) is 0.881. The van der Waals surface area contributed by atoms with Crippen LogP contribution in [0, 0.1) is 11.3 Å². The highest BCUT2D eigenvalue weighted by Crippen LogP contribution is 2.14. The minimum absolute atomic E-state index is 0.184. The maximum atomic E-state index is 12.0. The Hall–Kier alpha value is -2.38. The van der Waals surface area contributed by atoms with Crippen molar-refractivity contribution in [2.24, 2.45) is 0 Å². The van der Waals surface area contributed by atoms with E-state index >= 15 is 0 Å². The summed E-state index contributed by atoms with van der Waals surface area (Å²) in [7, 11) is 0. The van der Waals surface area contributed by atoms with Gasteiger partial charge < -0.3 is 5.32 Å². The van der Waals surface area contributed by atoms with E-state index in [0.717, 1.165) is 5.56 Å². The highest BCUT2D eigenvalue weighted by Gasteiger charge is 2.12. The predicted molar refractivity (Wildman–Crippen MR) is 76.3 cm³/mol. The number of hydrogen-bond donors (Lipinski definition) is 1. The molecule has 5 heteroatoms. The fourth-order valence-electron chi connectivity index (χ4n) is 1.73. The molecule has 1 unspecified atom stereocenters. The molecule has 0 saturated carbocycles. The van der Waals surface area contributed by atoms with Crippen molar-refractivity contribution in [2.75, 3.05) is 0 Å². The molecule has 1 aromatic heterocycles. The molecule has 1 N–H and O–H groups in total. The molecule has 1 amide bonds. The fraction of sp³-hybridized carbons (Fsp3) is 0.133. The molecule has 20 heavy (non-hydrogen) atoms. The van der Waals surface area contributed by atoms with Crippen molar-refractivity contribution < 1.29 is 4.79 Å². The fourth-order valence-corrected chi connectivity index (χ4v) is 1.90. The van der Waals surface area contributed by atoms with Crippen molar-refractivity contribution in [3.05, 3.63) is 64.4 Å². The third-order valence-corrected chi connectivity index (χ3v) is 3.05. The Balaban J connectivity index is 2.09. The third-order valence-electron chi connectivity index (χ3n) is 2.84. The van der Waals surface area contributed by atoms with Gasteiger partial charge in [-0.3, -0.25) is 4.79 Å². The lowest BCUT2D eigenvalue weighted by Crippen LogP contribution is -2.27. The zero-order valence-electron chi connectivity index (χ0n) is 10.8. The van der Waals surface area contributed by atoms with E-state index in [0.29, 0.717) is 5.56 Å². The molecule has 0 fully saturated rings. The number of hydrogen-bond acceptors (Lipinski definition) is 3. The van der Waals surface area contributed by atoms with E-state index < -0.39 is 0 Å². The summed E-state index contributed by atoms with van der Waals surface area (Å²) in [5.74, 6) is -0.288. The first kappa shape index (κ1) is 14.0. The van der Waals surface area contributed by atoms with Crippen LogP contribution in [0.5, 0.6) is 0 Å². The van der Waals surface area contributed by atoms with Crippen LogP contribution >= 0.6 is 11.6 Å². The highest BCUT2D eigenvalue weighted by molar-refractivity contribution is 6.29. The number of halogens is 1. The number of nitrogens with one attached hydrogen (secondary N) is 1. The number of nitrogens with zero attached hydrogens (tertiary/aromatic N) is 2. The Kier molecular flexibility index (Phi) is 4.34. The van der Waals surface area contributed by atoms with Crippen LogP contribution < -0.4 is 5.32 Å². The molecule has 1 heterocycles. The molecule has 1 atom stereocenters. The van der Waals surface area contributed by atoms with E-state index in [2.05, 4.69) is 16.4 Å². The second kappa shape index (κ2) is 6.18. The van der Waals surface area contributed by atoms with Gasteiger partial charge in [0.2, 0.25) is 0 Å². The molecule has 100 valence electrons. The topological polar surface area (TPSA) is 65.8 Å². The molecule has 0 aliphatic rings. The van der Waals surface area contributed by atoms with Gasteiger partial charge in [-0.1, -0.05) is 29.8 Å². The Morgan fingerprint density at radius 2 is 2.00 bits per heavy atom. The van der Waals surface area contributed by atoms with Crippen molar-refractivity contribution >= 4 is 17.5 Å². The predicted octanol–water partition coefficient (Wildman–Crippen LogP) is 3.10. The van der Waals surface area contributed by atoms with Gasteiger partial charge >= 0.3 is 0 Å². The van der Waals surface area contributed by atoms with Gasteiger partial charge in [-0.25, -0.2) is 4.98 Å². The average molecular weight is 286 g/mol. The summed E-state index contributed by atoms with van der Waals surface area (Å²) in [6.07, 6.45) is 0. The Bertz CT molecular complexity index is 662. The normalized spacial score (nSPS) is 11.4. The molecule has 2 rings (SSSR count). The van der Waals surface area contributed by atoms with Crippen LogP contribution in [0.2, 0.25) is 5.15 Å². The molecule has 1 aromatic carbocycles. The number of amides is 1. The standard InChI is InChI=1S/C15H12ClN3O/c1-10(12-7-5-11(9-17)6-8-12)18-15(20)13-3-2-4-14(16)19-13/h2-8,10H,1H3,(H,18,20). The second-order valence-electron chi connectivity index (χ2n) is 4.27. The summed E-state index contributed by atoms with van der Waals surface area (Å²) in [5, 5.41) is 11.9. The minimum Gasteiger partial charge on any atom is -0.344 e. The number of rotatable bonds is 3. The molecule has 0 saturated heterocycles. The van der Waals surface area contributed by atoms with Crippen LogP contribution in [-0.4, -0.2) is 10.9 Å². The van der Waals surface area contributed by atoms with Gasteiger partial charge in [-0.2, -0.15) is 5.26 Å². The van der Waals surface area contributed by atoms with Gasteiger partial charge in [0.05, 0.1) is 17.7 Å². The van der Waals surface area contributed by atoms with Gasteiger partial charge in [0, 0.05) is 0 Å². The van der Waals surface area contributed by atoms with Gasteiger partial charge in [0.15, 0.2) is 0 Å². The van der Waals surface area contributed by atoms with Gasteiger partial charge in [0.1, 0.15) is 10.8 Å². The molecular weight excluding hydrogens is 274 g/mol. The zero-order chi connectivity index (χ0) is 14.5. The minimum atomic E-state index is -0.288. The van der Waals surface area contributed by atoms with Gasteiger partial charge in [0.25, 0.3) is 5.91 Å². The van der Waals surface area contributed by atoms with E-state index in [1.807, 2.05) is 19.1 Å². The second-order valence-corrected chi connectivity index (χ2v) is 4.66. The molecule has 0 aliphatic carbocycles. The first-order chi connectivity index (χ1) is 9.60. The largest absolute Gasteiger partial charge is 0.344 e. The molecule has 0 bridgehead atoms. The van der Waals surface area contributed by atoms with Crippen LogP contribution in [0.4, 0.5) is 0 Å². The number of pyridine rings is 1. The van der Waals surface area contributed by atoms with Gasteiger partial charge in [-0.05, 0) is 36.8 Å². The van der Waals surface area contributed by atoms with Crippen molar-refractivity contribution in [1.29, 1.82) is 5.26 Å². The zero-order valence-corrected chi connectivity index (χ0v) is 11.6. The maximum absolute atomic E-state index is 12.0. The van der Waals surface area contributed by atoms with Crippen LogP contribution in [-0.2, 0) is 0 Å². The van der Waals surface area contributed by atoms with Crippen molar-refractivity contribution in [3.63, 3.8) is 0 Å². The summed E-state index contributed by atoms with van der Waals surface area (Å²) in [6.45, 7) is 1.86. The highest BCUT2D eigenvalue weighted by atomic mass is 35.5. The SMILES string of the molecule is CC(NC(=O)c1cccc(Cl)n1)c1ccc(C#N)cc1. The summed E-state index contributed by atoms with van der Waals surface area (Å²) in [5.41, 5.74) is 1.78. The molecular formula is C15H12ClN3O. The number of aromatic nitrogens is 1. The van der Waals surface area contributed by atoms with E-state index in [4.69, 9.17) is 16.9 Å². The monoisotopic (exact) mass is 285 g/mol. The summed E-state index contributed by atoms with van der Waals surface area (Å²) >= 11 is 5.75. The summed E-state index contributed by atoms with van der Waals surface area (Å²) in [6, 6.07) is 13.8. The van der Waals surface area contributed by atoms with Crippen molar-refractivity contribution in [2.45, 2.75) is 13.0 Å². The molecule has 2 aromatic rings. The first-order valence-electron chi connectivity index (χ1n) is 6.03. The Morgan fingerprint density at radius 1 is 1.30 bits per heavy atom. The maximum Gasteiger partial charge on any atom is 0.270 e. The summed E-state index contributed by atoms with van der Waals surface area (Å²) in [4.78, 5) is 16.0. The molecule has 0 radical (unpaired) electrons. The number of benzene rings is 1. The van der Waals surface area contributed by atoms with Crippen LogP contribution in [0.1, 0.15) is 34.6 Å². The summed E-state index contributed by atoms with van der Waals surface area (Å²) < 4.78 is 0. The van der Waals surface area contributed by atoms with E-state index in [9.17, 15) is 4.79 Å². The number of carbonyl (C=O) groups is 1. The lowest BCUT2D eigenvalue weighted by molar-refractivity contribution is 0.0935. The lowest BCUT2D eigenvalue weighted by Gasteiger charge is -2.14. The Labute approximate surface area is 122 Å². The average Bonchev–Trinajstić information content (AvgIpc) is 2.47. The Morgan fingerprint density at radius 3 is 2.60 bits per heavy atom. The molecule has 0 spiro atoms. The van der Waals surface area contributed by atoms with Crippen LogP contribution in [0.3, 0.4) is 0 Å². The number of nitriles is 1. The lowest BCUT2D eigenvalue weighted by atomic mass is 10.1. The van der Waals surface area contributed by atoms with E-state index in [1.165, 1.54) is 0 Å². The number of carbonyl (C=O) groups excluding carboxylic acids is 1. The molecule has 0 aliphatic heterocycles. The van der Waals surface area contributed by atoms with Crippen molar-refractivity contribution in [3.8, 4) is 6.07 Å². The van der Waals surface area contributed by atoms with E-state index in [1.54, 1.807) is 30.3 Å². The molecule has 4 nitrogen and oxygen atoms in total. The van der Waals surface area contributed by atoms with Crippen LogP contribution in [0.25, 0.3) is 0 Å². The van der Waals surface area contributed by atoms with Crippen LogP contribution in [0.15, 0.2) is 42.5 Å². The smallest absolute Gasteiger partial charge is 0.270 e. The third kappa shape index (κ3) is 3.34. The first-order valence-corrected chi connectivity index (χ1v) is 6.41. The van der Waals surface area contributed by atoms with E-state index in [-0.39, 0.29) is 22.8 Å².